The minimum atomic E-state index is -3.73. The van der Waals surface area contributed by atoms with E-state index in [2.05, 4.69) is 5.32 Å². The minimum Gasteiger partial charge on any atom is -0.450 e. The molecule has 0 radical (unpaired) electrons. The number of benzene rings is 1. The van der Waals surface area contributed by atoms with Crippen LogP contribution < -0.4 is 9.62 Å². The van der Waals surface area contributed by atoms with E-state index < -0.39 is 21.3 Å². The molecule has 0 spiro atoms. The molecule has 0 atom stereocenters. The topological polar surface area (TPSA) is 113 Å². The van der Waals surface area contributed by atoms with Crippen molar-refractivity contribution in [2.75, 3.05) is 29.8 Å². The van der Waals surface area contributed by atoms with Crippen LogP contribution in [0.1, 0.15) is 44.0 Å². The zero-order chi connectivity index (χ0) is 22.1. The number of nitrogens with one attached hydrogen (secondary N) is 1. The number of rotatable bonds is 4. The lowest BCUT2D eigenvalue weighted by molar-refractivity contribution is -0.123. The molecule has 3 amide bonds. The van der Waals surface area contributed by atoms with Crippen LogP contribution in [0.15, 0.2) is 24.3 Å². The van der Waals surface area contributed by atoms with Crippen LogP contribution in [0.4, 0.5) is 10.5 Å². The molecule has 1 N–H and O–H groups in total. The second-order valence-electron chi connectivity index (χ2n) is 8.19. The van der Waals surface area contributed by atoms with Gasteiger partial charge in [-0.25, -0.2) is 17.5 Å². The molecule has 10 heteroatoms. The fourth-order valence-electron chi connectivity index (χ4n) is 3.70. The molecule has 0 saturated carbocycles. The Morgan fingerprint density at radius 2 is 1.77 bits per heavy atom. The Kier molecular flexibility index (Phi) is 6.07. The molecule has 3 rings (SSSR count). The lowest BCUT2D eigenvalue weighted by Crippen LogP contribution is -2.46. The Morgan fingerprint density at radius 1 is 1.17 bits per heavy atom. The Morgan fingerprint density at radius 3 is 2.27 bits per heavy atom. The van der Waals surface area contributed by atoms with Gasteiger partial charge in [-0.3, -0.25) is 9.59 Å². The molecule has 30 heavy (non-hydrogen) atoms. The minimum absolute atomic E-state index is 0.0656. The predicted octanol–water partition coefficient (Wildman–Crippen LogP) is 1.74. The number of likely N-dealkylation sites (tertiary alicyclic amines) is 1. The molecule has 2 heterocycles. The first-order valence-corrected chi connectivity index (χ1v) is 11.6. The zero-order valence-corrected chi connectivity index (χ0v) is 18.2. The van der Waals surface area contributed by atoms with Gasteiger partial charge in [-0.1, -0.05) is 0 Å². The molecule has 0 aliphatic carbocycles. The summed E-state index contributed by atoms with van der Waals surface area (Å²) >= 11 is 0. The number of ether oxygens (including phenoxy) is 1. The highest BCUT2D eigenvalue weighted by Gasteiger charge is 2.49. The fraction of sp³-hybridized carbons (Fsp3) is 0.550. The largest absolute Gasteiger partial charge is 0.450 e. The molecule has 1 aromatic rings. The van der Waals surface area contributed by atoms with Crippen molar-refractivity contribution in [3.8, 4) is 0 Å². The van der Waals surface area contributed by atoms with Crippen LogP contribution in [0.3, 0.4) is 0 Å². The van der Waals surface area contributed by atoms with Gasteiger partial charge in [-0.15, -0.1) is 0 Å². The van der Waals surface area contributed by atoms with Crippen molar-refractivity contribution >= 4 is 33.6 Å². The predicted molar refractivity (Wildman–Crippen MR) is 111 cm³/mol. The number of nitrogens with zero attached hydrogens (tertiary/aromatic N) is 2. The average Bonchev–Trinajstić information content (AvgIpc) is 2.85. The molecular weight excluding hydrogens is 410 g/mol. The number of carbonyl (C=O) groups excluding carboxylic acids is 3. The molecule has 0 bridgehead atoms. The number of amides is 3. The van der Waals surface area contributed by atoms with Crippen molar-refractivity contribution in [3.05, 3.63) is 29.8 Å². The summed E-state index contributed by atoms with van der Waals surface area (Å²) in [5.41, 5.74) is -0.382. The highest BCUT2D eigenvalue weighted by atomic mass is 32.2. The lowest BCUT2D eigenvalue weighted by atomic mass is 9.95. The number of piperidine rings is 1. The van der Waals surface area contributed by atoms with Crippen molar-refractivity contribution in [1.29, 1.82) is 0 Å². The van der Waals surface area contributed by atoms with Crippen molar-refractivity contribution in [2.24, 2.45) is 5.41 Å². The number of sulfonamides is 1. The maximum absolute atomic E-state index is 12.5. The van der Waals surface area contributed by atoms with Gasteiger partial charge in [0.1, 0.15) is 0 Å². The van der Waals surface area contributed by atoms with Gasteiger partial charge >= 0.3 is 6.09 Å². The van der Waals surface area contributed by atoms with E-state index in [1.54, 1.807) is 25.7 Å². The van der Waals surface area contributed by atoms with Gasteiger partial charge in [-0.2, -0.15) is 0 Å². The number of carbonyl (C=O) groups is 3. The van der Waals surface area contributed by atoms with Gasteiger partial charge < -0.3 is 15.0 Å². The summed E-state index contributed by atoms with van der Waals surface area (Å²) in [6.45, 7) is 6.30. The fourth-order valence-corrected chi connectivity index (χ4v) is 5.81. The third-order valence-electron chi connectivity index (χ3n) is 5.31. The van der Waals surface area contributed by atoms with E-state index in [0.717, 1.165) is 4.31 Å². The quantitative estimate of drug-likeness (QED) is 0.768. The zero-order valence-electron chi connectivity index (χ0n) is 17.4. The van der Waals surface area contributed by atoms with Crippen molar-refractivity contribution < 1.29 is 27.5 Å². The monoisotopic (exact) mass is 437 g/mol. The van der Waals surface area contributed by atoms with Gasteiger partial charge in [0.2, 0.25) is 15.9 Å². The first kappa shape index (κ1) is 22.1. The van der Waals surface area contributed by atoms with Crippen molar-refractivity contribution in [3.63, 3.8) is 0 Å². The SMILES string of the molecule is CCOC(=O)N1CCC(NC(=O)c2ccc(N3C(=O)C(C)(C)CS3(=O)=O)cc2)CC1. The maximum Gasteiger partial charge on any atom is 0.409 e. The molecular formula is C20H27N3O6S. The third kappa shape index (κ3) is 4.43. The Bertz CT molecular complexity index is 934. The Labute approximate surface area is 176 Å². The second kappa shape index (κ2) is 8.25. The average molecular weight is 438 g/mol. The van der Waals surface area contributed by atoms with Crippen LogP contribution in [0, 0.1) is 5.41 Å². The standard InChI is InChI=1S/C20H27N3O6S/c1-4-29-19(26)22-11-9-15(10-12-22)21-17(24)14-5-7-16(8-6-14)23-18(25)20(2,3)13-30(23,27)28/h5-8,15H,4,9-13H2,1-3H3,(H,21,24). The highest BCUT2D eigenvalue weighted by molar-refractivity contribution is 7.94. The van der Waals surface area contributed by atoms with Gasteiger partial charge in [0, 0.05) is 24.7 Å². The van der Waals surface area contributed by atoms with E-state index in [1.165, 1.54) is 24.3 Å². The number of hydrogen-bond acceptors (Lipinski definition) is 6. The highest BCUT2D eigenvalue weighted by Crippen LogP contribution is 2.35. The van der Waals surface area contributed by atoms with Crippen LogP contribution in [-0.4, -0.2) is 62.7 Å². The van der Waals surface area contributed by atoms with E-state index >= 15 is 0 Å². The molecule has 2 aliphatic rings. The third-order valence-corrected chi connectivity index (χ3v) is 7.32. The van der Waals surface area contributed by atoms with E-state index in [-0.39, 0.29) is 29.5 Å². The van der Waals surface area contributed by atoms with Crippen LogP contribution in [-0.2, 0) is 19.6 Å². The molecule has 2 aliphatic heterocycles. The number of hydrogen-bond donors (Lipinski definition) is 1. The Balaban J connectivity index is 1.61. The van der Waals surface area contributed by atoms with Gasteiger partial charge in [0.15, 0.2) is 0 Å². The van der Waals surface area contributed by atoms with Crippen LogP contribution in [0.2, 0.25) is 0 Å². The molecule has 0 aromatic heterocycles. The normalized spacial score (nSPS) is 20.8. The second-order valence-corrected chi connectivity index (χ2v) is 10.0. The molecule has 1 aromatic carbocycles. The van der Waals surface area contributed by atoms with Crippen LogP contribution in [0.25, 0.3) is 0 Å². The summed E-state index contributed by atoms with van der Waals surface area (Å²) in [7, 11) is -3.73. The van der Waals surface area contributed by atoms with Crippen molar-refractivity contribution in [1.82, 2.24) is 10.2 Å². The molecule has 2 saturated heterocycles. The summed E-state index contributed by atoms with van der Waals surface area (Å²) < 4.78 is 30.6. The van der Waals surface area contributed by atoms with Crippen LogP contribution >= 0.6 is 0 Å². The smallest absolute Gasteiger partial charge is 0.409 e. The summed E-state index contributed by atoms with van der Waals surface area (Å²) in [5, 5.41) is 2.94. The summed E-state index contributed by atoms with van der Waals surface area (Å²) in [6.07, 6.45) is 0.906. The molecule has 2 fully saturated rings. The van der Waals surface area contributed by atoms with E-state index in [1.807, 2.05) is 0 Å². The summed E-state index contributed by atoms with van der Waals surface area (Å²) in [4.78, 5) is 38.4. The molecule has 0 unspecified atom stereocenters. The van der Waals surface area contributed by atoms with E-state index in [0.29, 0.717) is 38.1 Å². The Hall–Kier alpha value is -2.62. The van der Waals surface area contributed by atoms with Gasteiger partial charge in [0.25, 0.3) is 5.91 Å². The molecule has 164 valence electrons. The van der Waals surface area contributed by atoms with Gasteiger partial charge in [0.05, 0.1) is 23.5 Å². The first-order valence-electron chi connectivity index (χ1n) is 9.95. The number of anilines is 1. The van der Waals surface area contributed by atoms with Crippen LogP contribution in [0.5, 0.6) is 0 Å². The lowest BCUT2D eigenvalue weighted by Gasteiger charge is -2.31. The summed E-state index contributed by atoms with van der Waals surface area (Å²) in [5.74, 6) is -1.01. The summed E-state index contributed by atoms with van der Waals surface area (Å²) in [6, 6.07) is 5.88. The van der Waals surface area contributed by atoms with Gasteiger partial charge in [-0.05, 0) is 57.9 Å². The maximum atomic E-state index is 12.5. The first-order chi connectivity index (χ1) is 14.0. The van der Waals surface area contributed by atoms with E-state index in [9.17, 15) is 22.8 Å². The molecule has 9 nitrogen and oxygen atoms in total. The van der Waals surface area contributed by atoms with E-state index in [4.69, 9.17) is 4.74 Å². The van der Waals surface area contributed by atoms with Crippen molar-refractivity contribution in [2.45, 2.75) is 39.7 Å².